The van der Waals surface area contributed by atoms with Crippen LogP contribution < -0.4 is 16.0 Å². The Labute approximate surface area is 435 Å². The molecular weight excluding hydrogens is 974 g/mol. The van der Waals surface area contributed by atoms with E-state index in [0.29, 0.717) is 37.0 Å². The van der Waals surface area contributed by atoms with Crippen molar-refractivity contribution in [2.75, 3.05) is 51.2 Å². The first-order chi connectivity index (χ1) is 32.8. The van der Waals surface area contributed by atoms with E-state index in [1.54, 1.807) is 4.90 Å². The molecule has 14 nitrogen and oxygen atoms in total. The van der Waals surface area contributed by atoms with E-state index in [-0.39, 0.29) is 60.6 Å². The van der Waals surface area contributed by atoms with Crippen LogP contribution in [0.3, 0.4) is 0 Å². The highest BCUT2D eigenvalue weighted by Crippen LogP contribution is 2.28. The van der Waals surface area contributed by atoms with Crippen LogP contribution in [0.2, 0.25) is 0 Å². The van der Waals surface area contributed by atoms with Crippen LogP contribution in [0.5, 0.6) is 0 Å². The average molecular weight is 1060 g/mol. The van der Waals surface area contributed by atoms with Gasteiger partial charge < -0.3 is 44.9 Å². The van der Waals surface area contributed by atoms with Crippen LogP contribution in [0.1, 0.15) is 162 Å². The minimum Gasteiger partial charge on any atom is -0.444 e. The smallest absolute Gasteiger partial charge is 0.410 e. The number of nitrogens with zero attached hydrogens (tertiary/aromatic N) is 4. The molecule has 4 fully saturated rings. The number of hydrogen-bond donors (Lipinski definition) is 4. The van der Waals surface area contributed by atoms with Gasteiger partial charge in [0.15, 0.2) is 0 Å². The number of para-hydroxylation sites is 1. The summed E-state index contributed by atoms with van der Waals surface area (Å²) in [6.07, 6.45) is 14.9. The first-order valence-corrected chi connectivity index (χ1v) is 27.3. The van der Waals surface area contributed by atoms with Gasteiger partial charge in [-0.2, -0.15) is 5.26 Å². The minimum absolute atomic E-state index is 0. The second-order valence-electron chi connectivity index (χ2n) is 22.2. The molecule has 1 saturated carbocycles. The molecule has 396 valence electrons. The Kier molecular flexibility index (Phi) is 26.4. The number of carbonyl (C=O) groups is 4. The molecule has 3 aliphatic heterocycles. The van der Waals surface area contributed by atoms with Gasteiger partial charge in [0.1, 0.15) is 22.9 Å². The average Bonchev–Trinajstić information content (AvgIpc) is 3.69. The Balaban J connectivity index is 0.000000325. The van der Waals surface area contributed by atoms with Crippen LogP contribution in [-0.4, -0.2) is 118 Å². The topological polar surface area (TPSA) is 178 Å². The highest BCUT2D eigenvalue weighted by molar-refractivity contribution is 9.09. The van der Waals surface area contributed by atoms with Gasteiger partial charge in [0.05, 0.1) is 12.0 Å². The molecule has 16 heteroatoms. The molecule has 2 aromatic rings. The maximum Gasteiger partial charge on any atom is 0.410 e. The molecule has 3 saturated heterocycles. The number of halogens is 2. The van der Waals surface area contributed by atoms with E-state index in [1.165, 1.54) is 32.1 Å². The van der Waals surface area contributed by atoms with Gasteiger partial charge in [-0.15, -0.1) is 12.4 Å². The molecule has 4 heterocycles. The maximum absolute atomic E-state index is 13.6. The van der Waals surface area contributed by atoms with Gasteiger partial charge in [0, 0.05) is 61.6 Å². The molecule has 1 aromatic carbocycles. The predicted molar refractivity (Wildman–Crippen MR) is 285 cm³/mol. The van der Waals surface area contributed by atoms with Crippen molar-refractivity contribution < 1.29 is 33.8 Å². The summed E-state index contributed by atoms with van der Waals surface area (Å²) in [5, 5.41) is 30.2. The lowest BCUT2D eigenvalue weighted by molar-refractivity contribution is -0.127. The van der Waals surface area contributed by atoms with Gasteiger partial charge in [-0.05, 0) is 174 Å². The van der Waals surface area contributed by atoms with E-state index in [0.717, 1.165) is 119 Å². The number of amides is 4. The van der Waals surface area contributed by atoms with Gasteiger partial charge in [-0.1, -0.05) is 60.8 Å². The molecule has 6 rings (SSSR count). The van der Waals surface area contributed by atoms with Crippen LogP contribution >= 0.6 is 28.3 Å². The fourth-order valence-corrected chi connectivity index (χ4v) is 10.1. The van der Waals surface area contributed by atoms with Crippen molar-refractivity contribution in [1.29, 1.82) is 5.26 Å². The molecule has 1 aliphatic carbocycles. The number of aliphatic hydroxyl groups excluding tert-OH is 1. The van der Waals surface area contributed by atoms with Crippen molar-refractivity contribution in [2.45, 2.75) is 182 Å². The molecule has 1 aromatic heterocycles. The number of piperidine rings is 3. The summed E-state index contributed by atoms with van der Waals surface area (Å²) in [7, 11) is 0. The van der Waals surface area contributed by atoms with Crippen molar-refractivity contribution in [1.82, 2.24) is 30.3 Å². The lowest BCUT2D eigenvalue weighted by atomic mass is 9.83. The molecule has 0 unspecified atom stereocenters. The first kappa shape index (κ1) is 60.7. The summed E-state index contributed by atoms with van der Waals surface area (Å²) in [5.41, 5.74) is 0.946. The zero-order chi connectivity index (χ0) is 50.6. The second kappa shape index (κ2) is 30.5. The van der Waals surface area contributed by atoms with Gasteiger partial charge in [-0.25, -0.2) is 9.59 Å². The summed E-state index contributed by atoms with van der Waals surface area (Å²) in [6.45, 7) is 21.8. The Bertz CT molecular complexity index is 1920. The standard InChI is InChI=1S/C30H43N5O2.C13H24BrNO2.C11H21NO3.ClH/c1-21(2)18-24(20-31)33-29(36)25-10-4-5-11-26(25)34-30(37)28-19-23-9-3-6-12-27(23)35(28)17-7-8-22-13-15-32-16-14-22;1-13(2,3)17-12(16)15-9-6-11(7-10-15)5-4-8-14;1-11(2,3)15-10(14)12-6-4-9(8-13)5-7-12;/h3,6,9,12,19,21-22,24-26,32H,4-5,7-8,10-11,13-18H2,1-2H3,(H,33,36)(H,34,37);11H,4-10H2,1-3H3;9,13H,4-8H2,1-3H3;1H/t24-,25+,26-;;;/m0.../s1. The zero-order valence-corrected chi connectivity index (χ0v) is 46.3. The molecule has 3 atom stereocenters. The molecule has 0 bridgehead atoms. The molecule has 4 aliphatic rings. The predicted octanol–water partition coefficient (Wildman–Crippen LogP) is 10.6. The fourth-order valence-electron chi connectivity index (χ4n) is 9.82. The number of hydrogen-bond acceptors (Lipinski definition) is 9. The summed E-state index contributed by atoms with van der Waals surface area (Å²) < 4.78 is 12.8. The van der Waals surface area contributed by atoms with Crippen molar-refractivity contribution in [2.24, 2.45) is 29.6 Å². The Hall–Kier alpha value is -3.58. The number of aryl methyl sites for hydroxylation is 1. The van der Waals surface area contributed by atoms with E-state index >= 15 is 0 Å². The molecule has 0 spiro atoms. The molecule has 4 N–H and O–H groups in total. The van der Waals surface area contributed by atoms with Crippen LogP contribution in [0.15, 0.2) is 30.3 Å². The molecular formula is C54H89BrClN7O7. The van der Waals surface area contributed by atoms with E-state index in [1.807, 2.05) is 78.5 Å². The number of benzene rings is 1. The van der Waals surface area contributed by atoms with Gasteiger partial charge in [0.25, 0.3) is 5.91 Å². The largest absolute Gasteiger partial charge is 0.444 e. The molecule has 70 heavy (non-hydrogen) atoms. The van der Waals surface area contributed by atoms with E-state index in [4.69, 9.17) is 14.6 Å². The monoisotopic (exact) mass is 1060 g/mol. The SMILES string of the molecule is CC(C)(C)OC(=O)N1CCC(CCCBr)CC1.CC(C)(C)OC(=O)N1CCC(CO)CC1.CC(C)C[C@@H](C#N)NC(=O)[C@@H]1CCCC[C@@H]1NC(=O)c1cc2ccccc2n1CCCC1CCNCC1.Cl. The number of aromatic nitrogens is 1. The Morgan fingerprint density at radius 1 is 0.814 bits per heavy atom. The van der Waals surface area contributed by atoms with Crippen LogP contribution in [-0.2, 0) is 20.8 Å². The van der Waals surface area contributed by atoms with E-state index < -0.39 is 11.6 Å². The molecule has 4 amide bonds. The van der Waals surface area contributed by atoms with Gasteiger partial charge >= 0.3 is 12.2 Å². The zero-order valence-electron chi connectivity index (χ0n) is 43.9. The van der Waals surface area contributed by atoms with Crippen molar-refractivity contribution in [3.05, 3.63) is 36.0 Å². The fraction of sp³-hybridized carbons (Fsp3) is 0.759. The third-order valence-electron chi connectivity index (χ3n) is 13.6. The van der Waals surface area contributed by atoms with Crippen molar-refractivity contribution >= 4 is 63.2 Å². The van der Waals surface area contributed by atoms with Crippen molar-refractivity contribution in [3.8, 4) is 6.07 Å². The lowest BCUT2D eigenvalue weighted by Crippen LogP contribution is -2.50. The number of alkyl halides is 1. The third-order valence-corrected chi connectivity index (χ3v) is 14.2. The van der Waals surface area contributed by atoms with Crippen LogP contribution in [0, 0.1) is 40.9 Å². The highest BCUT2D eigenvalue weighted by atomic mass is 79.9. The van der Waals surface area contributed by atoms with Gasteiger partial charge in [0.2, 0.25) is 5.91 Å². The minimum atomic E-state index is -0.492. The lowest BCUT2D eigenvalue weighted by Gasteiger charge is -2.33. The number of rotatable bonds is 14. The van der Waals surface area contributed by atoms with E-state index in [2.05, 4.69) is 54.6 Å². The number of likely N-dealkylation sites (tertiary alicyclic amines) is 2. The summed E-state index contributed by atoms with van der Waals surface area (Å²) in [4.78, 5) is 53.8. The number of aliphatic hydroxyl groups is 1. The second-order valence-corrected chi connectivity index (χ2v) is 23.0. The maximum atomic E-state index is 13.6. The Morgan fingerprint density at radius 3 is 1.90 bits per heavy atom. The number of ether oxygens (including phenoxy) is 2. The summed E-state index contributed by atoms with van der Waals surface area (Å²) in [6, 6.07) is 11.7. The van der Waals surface area contributed by atoms with Crippen LogP contribution in [0.4, 0.5) is 9.59 Å². The Morgan fingerprint density at radius 2 is 1.36 bits per heavy atom. The third kappa shape index (κ3) is 21.3. The number of nitrogens with one attached hydrogen (secondary N) is 3. The molecule has 0 radical (unpaired) electrons. The summed E-state index contributed by atoms with van der Waals surface area (Å²) in [5.74, 6) is 1.69. The number of nitriles is 1. The van der Waals surface area contributed by atoms with Crippen LogP contribution in [0.25, 0.3) is 10.9 Å². The quantitative estimate of drug-likeness (QED) is 0.134. The normalized spacial score (nSPS) is 19.9. The number of carbonyl (C=O) groups excluding carboxylic acids is 4. The number of fused-ring (bicyclic) bond motifs is 1. The van der Waals surface area contributed by atoms with Gasteiger partial charge in [-0.3, -0.25) is 9.59 Å². The van der Waals surface area contributed by atoms with Crippen molar-refractivity contribution in [3.63, 3.8) is 0 Å². The summed E-state index contributed by atoms with van der Waals surface area (Å²) >= 11 is 3.46. The highest BCUT2D eigenvalue weighted by Gasteiger charge is 2.34. The van der Waals surface area contributed by atoms with E-state index in [9.17, 15) is 24.4 Å². The first-order valence-electron chi connectivity index (χ1n) is 26.2.